The van der Waals surface area contributed by atoms with Crippen LogP contribution >= 0.6 is 23.2 Å². The highest BCUT2D eigenvalue weighted by molar-refractivity contribution is 6.36. The predicted octanol–water partition coefficient (Wildman–Crippen LogP) is 4.71. The number of rotatable bonds is 6. The number of hydrogen-bond donors (Lipinski definition) is 0. The van der Waals surface area contributed by atoms with Gasteiger partial charge in [0.1, 0.15) is 5.52 Å². The molecule has 3 rings (SSSR count). The summed E-state index contributed by atoms with van der Waals surface area (Å²) in [6.07, 6.45) is 0. The monoisotopic (exact) mass is 364 g/mol. The van der Waals surface area contributed by atoms with Gasteiger partial charge in [0.05, 0.1) is 25.5 Å². The van der Waals surface area contributed by atoms with Crippen molar-refractivity contribution in [2.24, 2.45) is 7.05 Å². The number of halogens is 2. The molecule has 0 bridgehead atoms. The van der Waals surface area contributed by atoms with Gasteiger partial charge < -0.3 is 9.47 Å². The van der Waals surface area contributed by atoms with Crippen LogP contribution in [0.15, 0.2) is 36.4 Å². The Balaban J connectivity index is 2.02. The van der Waals surface area contributed by atoms with E-state index in [0.29, 0.717) is 29.9 Å². The lowest BCUT2D eigenvalue weighted by atomic mass is 10.0. The molecule has 3 aromatic rings. The number of aromatic nitrogens is 2. The Hall–Kier alpha value is -1.59. The minimum atomic E-state index is 0.480. The first kappa shape index (κ1) is 17.2. The van der Waals surface area contributed by atoms with Gasteiger partial charge in [0.15, 0.2) is 0 Å². The lowest BCUT2D eigenvalue weighted by Gasteiger charge is -2.06. The van der Waals surface area contributed by atoms with Gasteiger partial charge in [-0.05, 0) is 12.1 Å². The van der Waals surface area contributed by atoms with E-state index < -0.39 is 0 Å². The van der Waals surface area contributed by atoms with Crippen molar-refractivity contribution in [1.29, 1.82) is 0 Å². The zero-order valence-electron chi connectivity index (χ0n) is 13.6. The molecule has 1 heterocycles. The average Bonchev–Trinajstić information content (AvgIpc) is 2.87. The number of benzene rings is 2. The Bertz CT molecular complexity index is 862. The SMILES string of the molecule is COCCOCc1c2cccc(-c3ccc(Cl)cc3Cl)c2nn1C. The Morgan fingerprint density at radius 2 is 1.92 bits per heavy atom. The molecule has 0 N–H and O–H groups in total. The molecule has 24 heavy (non-hydrogen) atoms. The van der Waals surface area contributed by atoms with Gasteiger partial charge in [-0.2, -0.15) is 5.10 Å². The summed E-state index contributed by atoms with van der Waals surface area (Å²) in [6.45, 7) is 1.60. The highest BCUT2D eigenvalue weighted by Crippen LogP contribution is 2.35. The second-order valence-corrected chi connectivity index (χ2v) is 6.29. The molecule has 1 aromatic heterocycles. The fourth-order valence-electron chi connectivity index (χ4n) is 2.68. The lowest BCUT2D eigenvalue weighted by molar-refractivity contribution is 0.0593. The van der Waals surface area contributed by atoms with Crippen LogP contribution in [0.2, 0.25) is 10.0 Å². The van der Waals surface area contributed by atoms with Crippen molar-refractivity contribution in [1.82, 2.24) is 9.78 Å². The molecule has 0 amide bonds. The van der Waals surface area contributed by atoms with E-state index in [-0.39, 0.29) is 0 Å². The number of fused-ring (bicyclic) bond motifs is 1. The molecule has 0 aliphatic carbocycles. The molecule has 0 spiro atoms. The lowest BCUT2D eigenvalue weighted by Crippen LogP contribution is -2.05. The first-order valence-electron chi connectivity index (χ1n) is 7.58. The zero-order valence-corrected chi connectivity index (χ0v) is 15.1. The summed E-state index contributed by atoms with van der Waals surface area (Å²) in [5.74, 6) is 0. The average molecular weight is 365 g/mol. The summed E-state index contributed by atoms with van der Waals surface area (Å²) >= 11 is 12.4. The van der Waals surface area contributed by atoms with E-state index in [9.17, 15) is 0 Å². The first-order chi connectivity index (χ1) is 11.6. The van der Waals surface area contributed by atoms with Crippen molar-refractivity contribution < 1.29 is 9.47 Å². The molecule has 0 saturated carbocycles. The Kier molecular flexibility index (Phi) is 5.41. The van der Waals surface area contributed by atoms with E-state index in [1.807, 2.05) is 42.1 Å². The fourth-order valence-corrected chi connectivity index (χ4v) is 3.19. The normalized spacial score (nSPS) is 11.3. The summed E-state index contributed by atoms with van der Waals surface area (Å²) in [4.78, 5) is 0. The number of aryl methyl sites for hydroxylation is 1. The number of hydrogen-bond acceptors (Lipinski definition) is 3. The number of ether oxygens (including phenoxy) is 2. The first-order valence-corrected chi connectivity index (χ1v) is 8.34. The predicted molar refractivity (Wildman–Crippen MR) is 97.7 cm³/mol. The molecular weight excluding hydrogens is 347 g/mol. The summed E-state index contributed by atoms with van der Waals surface area (Å²) in [7, 11) is 3.58. The van der Waals surface area contributed by atoms with Crippen LogP contribution in [0.3, 0.4) is 0 Å². The minimum absolute atomic E-state index is 0.480. The third kappa shape index (κ3) is 3.42. The van der Waals surface area contributed by atoms with Gasteiger partial charge in [-0.15, -0.1) is 0 Å². The van der Waals surface area contributed by atoms with Gasteiger partial charge >= 0.3 is 0 Å². The molecule has 0 unspecified atom stereocenters. The van der Waals surface area contributed by atoms with Gasteiger partial charge in [0, 0.05) is 40.7 Å². The summed E-state index contributed by atoms with van der Waals surface area (Å²) in [6, 6.07) is 11.6. The maximum absolute atomic E-state index is 6.37. The van der Waals surface area contributed by atoms with Crippen LogP contribution in [0.5, 0.6) is 0 Å². The van der Waals surface area contributed by atoms with Crippen molar-refractivity contribution in [3.05, 3.63) is 52.1 Å². The van der Waals surface area contributed by atoms with Crippen LogP contribution in [-0.2, 0) is 23.1 Å². The molecule has 0 radical (unpaired) electrons. The van der Waals surface area contributed by atoms with Gasteiger partial charge in [-0.1, -0.05) is 47.5 Å². The van der Waals surface area contributed by atoms with E-state index in [1.165, 1.54) is 0 Å². The van der Waals surface area contributed by atoms with E-state index in [0.717, 1.165) is 27.7 Å². The van der Waals surface area contributed by atoms with Gasteiger partial charge in [0.2, 0.25) is 0 Å². The van der Waals surface area contributed by atoms with Crippen molar-refractivity contribution in [3.8, 4) is 11.1 Å². The third-order valence-corrected chi connectivity index (χ3v) is 4.43. The number of nitrogens with zero attached hydrogens (tertiary/aromatic N) is 2. The molecule has 0 saturated heterocycles. The van der Waals surface area contributed by atoms with Crippen molar-refractivity contribution in [2.45, 2.75) is 6.61 Å². The Morgan fingerprint density at radius 3 is 2.67 bits per heavy atom. The molecule has 0 aliphatic rings. The molecule has 0 atom stereocenters. The van der Waals surface area contributed by atoms with Gasteiger partial charge in [-0.3, -0.25) is 4.68 Å². The summed E-state index contributed by atoms with van der Waals surface area (Å²) in [5.41, 5.74) is 3.81. The fraction of sp³-hybridized carbons (Fsp3) is 0.278. The molecule has 0 aliphatic heterocycles. The highest BCUT2D eigenvalue weighted by Gasteiger charge is 2.15. The zero-order chi connectivity index (χ0) is 17.1. The summed E-state index contributed by atoms with van der Waals surface area (Å²) in [5, 5.41) is 6.94. The minimum Gasteiger partial charge on any atom is -0.382 e. The largest absolute Gasteiger partial charge is 0.382 e. The van der Waals surface area contributed by atoms with Crippen LogP contribution in [0.25, 0.3) is 22.0 Å². The van der Waals surface area contributed by atoms with Crippen LogP contribution in [0, 0.1) is 0 Å². The third-order valence-electron chi connectivity index (χ3n) is 3.88. The molecule has 126 valence electrons. The molecule has 0 fully saturated rings. The van der Waals surface area contributed by atoms with E-state index in [1.54, 1.807) is 13.2 Å². The Labute approximate surface area is 150 Å². The second kappa shape index (κ2) is 7.53. The molecular formula is C18H18Cl2N2O2. The van der Waals surface area contributed by atoms with E-state index >= 15 is 0 Å². The van der Waals surface area contributed by atoms with Crippen molar-refractivity contribution in [3.63, 3.8) is 0 Å². The van der Waals surface area contributed by atoms with E-state index in [2.05, 4.69) is 5.10 Å². The second-order valence-electron chi connectivity index (χ2n) is 5.44. The Morgan fingerprint density at radius 1 is 1.08 bits per heavy atom. The van der Waals surface area contributed by atoms with Gasteiger partial charge in [-0.25, -0.2) is 0 Å². The van der Waals surface area contributed by atoms with E-state index in [4.69, 9.17) is 32.7 Å². The van der Waals surface area contributed by atoms with Gasteiger partial charge in [0.25, 0.3) is 0 Å². The summed E-state index contributed by atoms with van der Waals surface area (Å²) < 4.78 is 12.5. The quantitative estimate of drug-likeness (QED) is 0.594. The standard InChI is InChI=1S/C18H18Cl2N2O2/c1-22-17(11-24-9-8-23-2)15-5-3-4-14(18(15)21-22)13-7-6-12(19)10-16(13)20/h3-7,10H,8-9,11H2,1-2H3. The molecule has 2 aromatic carbocycles. The smallest absolute Gasteiger partial charge is 0.101 e. The maximum Gasteiger partial charge on any atom is 0.101 e. The highest BCUT2D eigenvalue weighted by atomic mass is 35.5. The topological polar surface area (TPSA) is 36.3 Å². The maximum atomic E-state index is 6.37. The van der Waals surface area contributed by atoms with Crippen LogP contribution in [0.4, 0.5) is 0 Å². The molecule has 4 nitrogen and oxygen atoms in total. The molecule has 6 heteroatoms. The number of methoxy groups -OCH3 is 1. The van der Waals surface area contributed by atoms with Crippen LogP contribution < -0.4 is 0 Å². The van der Waals surface area contributed by atoms with Crippen molar-refractivity contribution >= 4 is 34.1 Å². The van der Waals surface area contributed by atoms with Crippen LogP contribution in [0.1, 0.15) is 5.69 Å². The van der Waals surface area contributed by atoms with Crippen molar-refractivity contribution in [2.75, 3.05) is 20.3 Å². The van der Waals surface area contributed by atoms with Crippen LogP contribution in [-0.4, -0.2) is 30.1 Å².